The topological polar surface area (TPSA) is 94.6 Å². The molecule has 0 radical (unpaired) electrons. The Balaban J connectivity index is 0.000000159. The number of carbonyl (C=O) groups excluding carboxylic acids is 2. The predicted octanol–water partition coefficient (Wildman–Crippen LogP) is 6.10. The summed E-state index contributed by atoms with van der Waals surface area (Å²) >= 11 is 6.19. The molecule has 0 atom stereocenters. The molecular weight excluding hydrogens is 602 g/mol. The first-order chi connectivity index (χ1) is 21.7. The molecule has 2 aliphatic heterocycles. The number of aromatic nitrogens is 4. The average Bonchev–Trinajstić information content (AvgIpc) is 3.53. The van der Waals surface area contributed by atoms with Gasteiger partial charge in [-0.05, 0) is 62.4 Å². The van der Waals surface area contributed by atoms with E-state index in [1.165, 1.54) is 35.5 Å². The van der Waals surface area contributed by atoms with Gasteiger partial charge in [-0.15, -0.1) is 0 Å². The standard InChI is InChI=1S/C18H13ClFN3.C15H14FN3O3/c1-11-21-9-13-10-22-18(14-4-2-3-5-16(14)20)15-8-12(19)6-7-17(15)23(11)13;1-3-22-15(21)13-12-7-18(2)14(20)10-6-9(16)4-5-11(10)19(12)8-17-13/h2-9H,10H2,1H3;4-6,8H,3,7H2,1-2H3. The number of halogens is 3. The Kier molecular flexibility index (Phi) is 8.03. The predicted molar refractivity (Wildman–Crippen MR) is 164 cm³/mol. The highest BCUT2D eigenvalue weighted by molar-refractivity contribution is 6.31. The van der Waals surface area contributed by atoms with Crippen LogP contribution in [0.1, 0.15) is 56.1 Å². The number of carbonyl (C=O) groups is 2. The van der Waals surface area contributed by atoms with Gasteiger partial charge >= 0.3 is 5.97 Å². The van der Waals surface area contributed by atoms with Crippen molar-refractivity contribution in [1.29, 1.82) is 0 Å². The maximum absolute atomic E-state index is 14.3. The van der Waals surface area contributed by atoms with Gasteiger partial charge in [-0.25, -0.2) is 23.5 Å². The van der Waals surface area contributed by atoms with Crippen molar-refractivity contribution in [2.24, 2.45) is 4.99 Å². The minimum atomic E-state index is -0.539. The lowest BCUT2D eigenvalue weighted by Gasteiger charge is -2.14. The molecule has 2 aromatic heterocycles. The van der Waals surface area contributed by atoms with Crippen LogP contribution < -0.4 is 0 Å². The molecule has 5 aromatic rings. The van der Waals surface area contributed by atoms with Crippen LogP contribution in [-0.4, -0.2) is 55.2 Å². The number of fused-ring (bicyclic) bond motifs is 6. The van der Waals surface area contributed by atoms with Crippen molar-refractivity contribution in [2.45, 2.75) is 26.9 Å². The largest absolute Gasteiger partial charge is 0.461 e. The van der Waals surface area contributed by atoms with Crippen LogP contribution in [0.4, 0.5) is 8.78 Å². The lowest BCUT2D eigenvalue weighted by atomic mass is 10.00. The fourth-order valence-electron chi connectivity index (χ4n) is 5.45. The van der Waals surface area contributed by atoms with E-state index in [0.717, 1.165) is 22.8 Å². The maximum Gasteiger partial charge on any atom is 0.358 e. The summed E-state index contributed by atoms with van der Waals surface area (Å²) < 4.78 is 36.4. The lowest BCUT2D eigenvalue weighted by Crippen LogP contribution is -2.26. The Morgan fingerprint density at radius 3 is 2.56 bits per heavy atom. The second kappa shape index (κ2) is 12.1. The molecule has 228 valence electrons. The molecule has 0 unspecified atom stereocenters. The number of aryl methyl sites for hydroxylation is 1. The molecule has 1 amide bonds. The molecule has 0 saturated carbocycles. The second-order valence-electron chi connectivity index (χ2n) is 10.4. The Hall–Kier alpha value is -5.16. The van der Waals surface area contributed by atoms with Gasteiger partial charge in [0.2, 0.25) is 0 Å². The third-order valence-corrected chi connectivity index (χ3v) is 7.75. The van der Waals surface area contributed by atoms with Crippen molar-refractivity contribution in [2.75, 3.05) is 13.7 Å². The van der Waals surface area contributed by atoms with E-state index >= 15 is 0 Å². The van der Waals surface area contributed by atoms with Gasteiger partial charge in [0.15, 0.2) is 5.69 Å². The molecule has 4 heterocycles. The summed E-state index contributed by atoms with van der Waals surface area (Å²) in [6.07, 6.45) is 3.26. The van der Waals surface area contributed by atoms with Gasteiger partial charge in [0.05, 0.1) is 59.9 Å². The number of hydrogen-bond acceptors (Lipinski definition) is 6. The maximum atomic E-state index is 14.3. The minimum absolute atomic E-state index is 0.165. The van der Waals surface area contributed by atoms with Crippen molar-refractivity contribution in [1.82, 2.24) is 24.0 Å². The van der Waals surface area contributed by atoms with Crippen molar-refractivity contribution in [3.05, 3.63) is 129 Å². The Morgan fingerprint density at radius 1 is 1.00 bits per heavy atom. The molecule has 0 fully saturated rings. The quantitative estimate of drug-likeness (QED) is 0.225. The molecule has 0 spiro atoms. The minimum Gasteiger partial charge on any atom is -0.461 e. The molecule has 9 nitrogen and oxygen atoms in total. The van der Waals surface area contributed by atoms with Gasteiger partial charge in [0.1, 0.15) is 23.8 Å². The average molecular weight is 629 g/mol. The third-order valence-electron chi connectivity index (χ3n) is 7.51. The van der Waals surface area contributed by atoms with Gasteiger partial charge in [-0.3, -0.25) is 18.9 Å². The molecule has 0 N–H and O–H groups in total. The molecule has 0 saturated heterocycles. The monoisotopic (exact) mass is 628 g/mol. The van der Waals surface area contributed by atoms with E-state index in [4.69, 9.17) is 16.3 Å². The SMILES string of the molecule is CCOC(=O)c1ncn2c1CN(C)C(=O)c1cc(F)ccc1-2.Cc1ncc2n1-c1ccc(Cl)cc1C(c1ccccc1F)=NC2. The molecule has 7 rings (SSSR count). The van der Waals surface area contributed by atoms with E-state index in [1.807, 2.05) is 42.0 Å². The Labute approximate surface area is 262 Å². The number of benzene rings is 3. The van der Waals surface area contributed by atoms with E-state index in [1.54, 1.807) is 30.7 Å². The molecular formula is C33H27ClF2N6O3. The Bertz CT molecular complexity index is 2000. The number of imidazole rings is 2. The lowest BCUT2D eigenvalue weighted by molar-refractivity contribution is 0.0515. The van der Waals surface area contributed by atoms with Crippen molar-refractivity contribution >= 4 is 29.2 Å². The van der Waals surface area contributed by atoms with Crippen LogP contribution >= 0.6 is 11.6 Å². The number of esters is 1. The van der Waals surface area contributed by atoms with E-state index in [-0.39, 0.29) is 36.1 Å². The molecule has 2 aliphatic rings. The highest BCUT2D eigenvalue weighted by Gasteiger charge is 2.29. The third kappa shape index (κ3) is 5.51. The zero-order valence-electron chi connectivity index (χ0n) is 24.6. The van der Waals surface area contributed by atoms with Gasteiger partial charge < -0.3 is 9.64 Å². The first-order valence-corrected chi connectivity index (χ1v) is 14.5. The first kappa shape index (κ1) is 29.9. The van der Waals surface area contributed by atoms with Crippen LogP contribution in [0.15, 0.2) is 78.2 Å². The molecule has 12 heteroatoms. The van der Waals surface area contributed by atoms with Crippen LogP contribution in [0.25, 0.3) is 11.4 Å². The summed E-state index contributed by atoms with van der Waals surface area (Å²) in [6.45, 7) is 4.51. The van der Waals surface area contributed by atoms with E-state index in [2.05, 4.69) is 15.0 Å². The zero-order valence-corrected chi connectivity index (χ0v) is 25.3. The van der Waals surface area contributed by atoms with Gasteiger partial charge in [-0.1, -0.05) is 23.7 Å². The summed E-state index contributed by atoms with van der Waals surface area (Å²) in [7, 11) is 1.59. The summed E-state index contributed by atoms with van der Waals surface area (Å²) in [5, 5.41) is 0.592. The molecule has 0 bridgehead atoms. The number of ether oxygens (including phenoxy) is 1. The van der Waals surface area contributed by atoms with Gasteiger partial charge in [0.25, 0.3) is 5.91 Å². The normalized spacial score (nSPS) is 13.2. The van der Waals surface area contributed by atoms with Crippen LogP contribution in [-0.2, 0) is 17.8 Å². The molecule has 3 aromatic carbocycles. The summed E-state index contributed by atoms with van der Waals surface area (Å²) in [6, 6.07) is 16.2. The molecule has 0 aliphatic carbocycles. The zero-order chi connectivity index (χ0) is 31.8. The number of amides is 1. The Morgan fingerprint density at radius 2 is 1.78 bits per heavy atom. The van der Waals surface area contributed by atoms with Gasteiger partial charge in [0, 0.05) is 23.2 Å². The fraction of sp³-hybridized carbons (Fsp3) is 0.182. The van der Waals surface area contributed by atoms with Crippen LogP contribution in [0.5, 0.6) is 0 Å². The first-order valence-electron chi connectivity index (χ1n) is 14.1. The second-order valence-corrected chi connectivity index (χ2v) is 10.8. The molecule has 45 heavy (non-hydrogen) atoms. The van der Waals surface area contributed by atoms with Crippen molar-refractivity contribution in [3.8, 4) is 11.4 Å². The van der Waals surface area contributed by atoms with E-state index in [9.17, 15) is 18.4 Å². The fourth-order valence-corrected chi connectivity index (χ4v) is 5.62. The van der Waals surface area contributed by atoms with Crippen LogP contribution in [0.2, 0.25) is 5.02 Å². The highest BCUT2D eigenvalue weighted by atomic mass is 35.5. The van der Waals surface area contributed by atoms with E-state index in [0.29, 0.717) is 34.2 Å². The smallest absolute Gasteiger partial charge is 0.358 e. The van der Waals surface area contributed by atoms with Crippen LogP contribution in [0.3, 0.4) is 0 Å². The van der Waals surface area contributed by atoms with Gasteiger partial charge in [-0.2, -0.15) is 0 Å². The summed E-state index contributed by atoms with van der Waals surface area (Å²) in [4.78, 5) is 38.9. The highest BCUT2D eigenvalue weighted by Crippen LogP contribution is 2.30. The van der Waals surface area contributed by atoms with Crippen molar-refractivity contribution in [3.63, 3.8) is 0 Å². The number of nitrogens with zero attached hydrogens (tertiary/aromatic N) is 6. The number of rotatable bonds is 3. The summed E-state index contributed by atoms with van der Waals surface area (Å²) in [5.74, 6) is -0.766. The number of hydrogen-bond donors (Lipinski definition) is 0. The number of aliphatic imine (C=N–C) groups is 1. The summed E-state index contributed by atoms with van der Waals surface area (Å²) in [5.41, 5.74) is 5.22. The van der Waals surface area contributed by atoms with E-state index < -0.39 is 11.8 Å². The van der Waals surface area contributed by atoms with Crippen LogP contribution in [0, 0.1) is 18.6 Å². The van der Waals surface area contributed by atoms with Crippen molar-refractivity contribution < 1.29 is 23.1 Å².